The molecule has 0 saturated heterocycles. The number of ether oxygens (including phenoxy) is 1. The summed E-state index contributed by atoms with van der Waals surface area (Å²) in [5, 5.41) is 0. The number of hydrogen-bond acceptors (Lipinski definition) is 4. The molecule has 0 aliphatic heterocycles. The van der Waals surface area contributed by atoms with Crippen LogP contribution in [0.2, 0.25) is 0 Å². The van der Waals surface area contributed by atoms with Crippen LogP contribution in [0.25, 0.3) is 5.65 Å². The van der Waals surface area contributed by atoms with Crippen molar-refractivity contribution in [2.24, 2.45) is 11.5 Å². The number of carbonyl (C=O) groups is 1. The minimum atomic E-state index is -4.73. The molecule has 1 atom stereocenters. The van der Waals surface area contributed by atoms with Gasteiger partial charge in [-0.15, -0.1) is 0 Å². The van der Waals surface area contributed by atoms with Crippen molar-refractivity contribution in [3.8, 4) is 5.75 Å². The molecule has 1 amide bonds. The summed E-state index contributed by atoms with van der Waals surface area (Å²) >= 11 is 0. The number of benzene rings is 1. The van der Waals surface area contributed by atoms with E-state index in [0.717, 1.165) is 23.5 Å². The number of hydrogen-bond donors (Lipinski definition) is 2. The van der Waals surface area contributed by atoms with Crippen LogP contribution in [0.4, 0.5) is 22.0 Å². The van der Waals surface area contributed by atoms with Gasteiger partial charge in [0, 0.05) is 12.1 Å². The Hall–Kier alpha value is -3.21. The van der Waals surface area contributed by atoms with Gasteiger partial charge < -0.3 is 16.2 Å². The fourth-order valence-corrected chi connectivity index (χ4v) is 3.36. The van der Waals surface area contributed by atoms with Crippen molar-refractivity contribution in [3.63, 3.8) is 0 Å². The molecule has 2 heterocycles. The Labute approximate surface area is 180 Å². The molecular formula is C21H21F5N4O2. The van der Waals surface area contributed by atoms with E-state index in [2.05, 4.69) is 4.98 Å². The first-order chi connectivity index (χ1) is 14.7. The van der Waals surface area contributed by atoms with Crippen LogP contribution in [-0.4, -0.2) is 27.0 Å². The lowest BCUT2D eigenvalue weighted by Gasteiger charge is -2.29. The lowest BCUT2D eigenvalue weighted by Crippen LogP contribution is -2.52. The molecule has 2 aromatic heterocycles. The highest BCUT2D eigenvalue weighted by molar-refractivity contribution is 5.93. The molecular weight excluding hydrogens is 435 g/mol. The summed E-state index contributed by atoms with van der Waals surface area (Å²) in [5.74, 6) is -2.56. The molecule has 4 N–H and O–H groups in total. The molecule has 1 unspecified atom stereocenters. The predicted molar refractivity (Wildman–Crippen MR) is 106 cm³/mol. The van der Waals surface area contributed by atoms with Gasteiger partial charge in [-0.2, -0.15) is 13.2 Å². The van der Waals surface area contributed by atoms with Gasteiger partial charge in [0.2, 0.25) is 0 Å². The number of fused-ring (bicyclic) bond motifs is 1. The fraction of sp³-hybridized carbons (Fsp3) is 0.333. The number of nitrogens with two attached hydrogens (primary N) is 2. The number of aromatic nitrogens is 2. The van der Waals surface area contributed by atoms with Crippen molar-refractivity contribution in [1.29, 1.82) is 0 Å². The summed E-state index contributed by atoms with van der Waals surface area (Å²) in [6.45, 7) is 3.27. The molecule has 0 radical (unpaired) electrons. The van der Waals surface area contributed by atoms with Gasteiger partial charge in [0.05, 0.1) is 11.3 Å². The maximum atomic E-state index is 14.0. The van der Waals surface area contributed by atoms with Gasteiger partial charge in [0.1, 0.15) is 29.5 Å². The number of pyridine rings is 1. The van der Waals surface area contributed by atoms with Gasteiger partial charge in [-0.1, -0.05) is 6.07 Å². The second-order valence-electron chi connectivity index (χ2n) is 7.79. The number of amides is 1. The van der Waals surface area contributed by atoms with Crippen molar-refractivity contribution in [2.45, 2.75) is 45.5 Å². The standard InChI is InChI=1S/C21H21F5N4O2/c1-10-7-16(32-9-12-13(22)5-4-6-14(12)23)19-29-11(2)17(18(27)31)30(19)15(10)8-20(3,28)21(24,25)26/h4-7H,8-9,28H2,1-3H3,(H2,27,31). The zero-order valence-corrected chi connectivity index (χ0v) is 17.5. The van der Waals surface area contributed by atoms with Crippen molar-refractivity contribution in [3.05, 3.63) is 64.1 Å². The molecule has 0 saturated carbocycles. The first-order valence-electron chi connectivity index (χ1n) is 9.47. The maximum absolute atomic E-state index is 14.0. The smallest absolute Gasteiger partial charge is 0.406 e. The third-order valence-corrected chi connectivity index (χ3v) is 5.19. The molecule has 6 nitrogen and oxygen atoms in total. The van der Waals surface area contributed by atoms with Crippen LogP contribution in [0.1, 0.15) is 39.9 Å². The molecule has 3 aromatic rings. The minimum absolute atomic E-state index is 0.00948. The van der Waals surface area contributed by atoms with E-state index in [9.17, 15) is 26.7 Å². The van der Waals surface area contributed by atoms with E-state index in [1.807, 2.05) is 0 Å². The maximum Gasteiger partial charge on any atom is 0.406 e. The van der Waals surface area contributed by atoms with Crippen molar-refractivity contribution >= 4 is 11.6 Å². The quantitative estimate of drug-likeness (QED) is 0.553. The van der Waals surface area contributed by atoms with Crippen LogP contribution in [0.3, 0.4) is 0 Å². The van der Waals surface area contributed by atoms with Gasteiger partial charge in [-0.25, -0.2) is 13.8 Å². The highest BCUT2D eigenvalue weighted by Gasteiger charge is 2.48. The molecule has 32 heavy (non-hydrogen) atoms. The number of alkyl halides is 3. The van der Waals surface area contributed by atoms with Crippen molar-refractivity contribution in [2.75, 3.05) is 0 Å². The number of halogens is 5. The van der Waals surface area contributed by atoms with Gasteiger partial charge in [-0.05, 0) is 44.5 Å². The number of carbonyl (C=O) groups excluding carboxylic acids is 1. The lowest BCUT2D eigenvalue weighted by molar-refractivity contribution is -0.180. The molecule has 0 spiro atoms. The molecule has 1 aromatic carbocycles. The zero-order valence-electron chi connectivity index (χ0n) is 17.5. The van der Waals surface area contributed by atoms with Crippen LogP contribution in [0.5, 0.6) is 5.75 Å². The number of primary amides is 1. The molecule has 0 aliphatic rings. The Balaban J connectivity index is 2.17. The van der Waals surface area contributed by atoms with Crippen LogP contribution >= 0.6 is 0 Å². The zero-order chi connectivity index (χ0) is 24.0. The first-order valence-corrected chi connectivity index (χ1v) is 9.47. The highest BCUT2D eigenvalue weighted by atomic mass is 19.4. The third-order valence-electron chi connectivity index (χ3n) is 5.19. The Morgan fingerprint density at radius 1 is 1.19 bits per heavy atom. The van der Waals surface area contributed by atoms with E-state index in [0.29, 0.717) is 5.56 Å². The van der Waals surface area contributed by atoms with E-state index in [1.165, 1.54) is 26.0 Å². The van der Waals surface area contributed by atoms with Gasteiger partial charge >= 0.3 is 6.18 Å². The molecule has 11 heteroatoms. The summed E-state index contributed by atoms with van der Waals surface area (Å²) in [6.07, 6.45) is -5.41. The largest absolute Gasteiger partial charge is 0.485 e. The van der Waals surface area contributed by atoms with Crippen LogP contribution in [0.15, 0.2) is 24.3 Å². The number of aryl methyl sites for hydroxylation is 2. The topological polar surface area (TPSA) is 95.6 Å². The number of rotatable bonds is 6. The predicted octanol–water partition coefficient (Wildman–Crippen LogP) is 3.73. The van der Waals surface area contributed by atoms with Gasteiger partial charge in [0.25, 0.3) is 5.91 Å². The van der Waals surface area contributed by atoms with E-state index in [1.54, 1.807) is 0 Å². The monoisotopic (exact) mass is 456 g/mol. The van der Waals surface area contributed by atoms with Crippen molar-refractivity contribution < 1.29 is 31.5 Å². The van der Waals surface area contributed by atoms with Crippen molar-refractivity contribution in [1.82, 2.24) is 9.38 Å². The minimum Gasteiger partial charge on any atom is -0.485 e. The second-order valence-corrected chi connectivity index (χ2v) is 7.79. The lowest BCUT2D eigenvalue weighted by atomic mass is 9.94. The molecule has 0 aliphatic carbocycles. The van der Waals surface area contributed by atoms with E-state index < -0.39 is 42.3 Å². The molecule has 0 fully saturated rings. The summed E-state index contributed by atoms with van der Waals surface area (Å²) in [5.41, 5.74) is 8.38. The molecule has 0 bridgehead atoms. The SMILES string of the molecule is Cc1cc(OCc2c(F)cccc2F)c2nc(C)c(C(N)=O)n2c1CC(C)(N)C(F)(F)F. The number of imidazole rings is 1. The normalized spacial score (nSPS) is 13.9. The third kappa shape index (κ3) is 4.12. The second kappa shape index (κ2) is 8.05. The summed E-state index contributed by atoms with van der Waals surface area (Å²) < 4.78 is 75.0. The van der Waals surface area contributed by atoms with E-state index in [4.69, 9.17) is 16.2 Å². The Kier molecular flexibility index (Phi) is 5.90. The van der Waals surface area contributed by atoms with Crippen LogP contribution in [-0.2, 0) is 13.0 Å². The average Bonchev–Trinajstić information content (AvgIpc) is 3.00. The van der Waals surface area contributed by atoms with Gasteiger partial charge in [0.15, 0.2) is 11.4 Å². The average molecular weight is 456 g/mol. The Bertz CT molecular complexity index is 1180. The summed E-state index contributed by atoms with van der Waals surface area (Å²) in [7, 11) is 0. The fourth-order valence-electron chi connectivity index (χ4n) is 3.36. The Morgan fingerprint density at radius 2 is 1.78 bits per heavy atom. The Morgan fingerprint density at radius 3 is 2.31 bits per heavy atom. The van der Waals surface area contributed by atoms with Gasteiger partial charge in [-0.3, -0.25) is 9.20 Å². The van der Waals surface area contributed by atoms with E-state index >= 15 is 0 Å². The van der Waals surface area contributed by atoms with Crippen LogP contribution in [0, 0.1) is 25.5 Å². The molecule has 172 valence electrons. The highest BCUT2D eigenvalue weighted by Crippen LogP contribution is 2.35. The molecule has 3 rings (SSSR count). The summed E-state index contributed by atoms with van der Waals surface area (Å²) in [6, 6.07) is 4.71. The van der Waals surface area contributed by atoms with E-state index in [-0.39, 0.29) is 34.0 Å². The summed E-state index contributed by atoms with van der Waals surface area (Å²) in [4.78, 5) is 16.3. The van der Waals surface area contributed by atoms with Crippen LogP contribution < -0.4 is 16.2 Å². The first kappa shape index (κ1) is 23.5. The number of nitrogens with zero attached hydrogens (tertiary/aromatic N) is 2.